The van der Waals surface area contributed by atoms with Gasteiger partial charge in [-0.25, -0.2) is 0 Å². The molecule has 1 aromatic rings. The molecule has 8 heteroatoms. The monoisotopic (exact) mass is 416 g/mol. The van der Waals surface area contributed by atoms with Crippen LogP contribution >= 0.6 is 0 Å². The molecule has 2 amide bonds. The van der Waals surface area contributed by atoms with E-state index in [9.17, 15) is 14.4 Å². The number of amides is 2. The maximum absolute atomic E-state index is 12.3. The molecule has 3 aliphatic rings. The first-order chi connectivity index (χ1) is 14.6. The van der Waals surface area contributed by atoms with Crippen molar-refractivity contribution < 1.29 is 14.3 Å². The molecule has 0 unspecified atom stereocenters. The number of morpholine rings is 1. The summed E-state index contributed by atoms with van der Waals surface area (Å²) in [7, 11) is 0. The van der Waals surface area contributed by atoms with E-state index < -0.39 is 0 Å². The highest BCUT2D eigenvalue weighted by atomic mass is 16.5. The Kier molecular flexibility index (Phi) is 6.84. The van der Waals surface area contributed by atoms with Gasteiger partial charge in [-0.05, 0) is 56.7 Å². The molecule has 2 aliphatic heterocycles. The third kappa shape index (κ3) is 5.92. The molecule has 1 saturated carbocycles. The zero-order valence-electron chi connectivity index (χ0n) is 17.5. The number of carbonyl (C=O) groups is 2. The number of ether oxygens (including phenoxy) is 1. The van der Waals surface area contributed by atoms with Crippen molar-refractivity contribution in [2.45, 2.75) is 38.3 Å². The van der Waals surface area contributed by atoms with Gasteiger partial charge in [-0.15, -0.1) is 0 Å². The first-order valence-electron chi connectivity index (χ1n) is 11.1. The Hall–Kier alpha value is -2.19. The molecule has 1 aliphatic carbocycles. The van der Waals surface area contributed by atoms with Crippen molar-refractivity contribution >= 4 is 11.8 Å². The van der Waals surface area contributed by atoms with E-state index in [0.29, 0.717) is 19.0 Å². The van der Waals surface area contributed by atoms with Crippen molar-refractivity contribution in [2.75, 3.05) is 45.9 Å². The van der Waals surface area contributed by atoms with Gasteiger partial charge in [0.1, 0.15) is 13.2 Å². The van der Waals surface area contributed by atoms with E-state index in [-0.39, 0.29) is 36.6 Å². The number of hydrogen-bond donors (Lipinski definition) is 1. The minimum atomic E-state index is -0.238. The predicted octanol–water partition coefficient (Wildman–Crippen LogP) is 0.314. The number of aromatic nitrogens is 1. The van der Waals surface area contributed by atoms with Crippen LogP contribution in [0.25, 0.3) is 0 Å². The molecule has 0 spiro atoms. The van der Waals surface area contributed by atoms with Gasteiger partial charge in [-0.1, -0.05) is 6.07 Å². The molecule has 1 aromatic heterocycles. The van der Waals surface area contributed by atoms with Gasteiger partial charge in [0.25, 0.3) is 5.56 Å². The standard InChI is InChI=1S/C22H32N4O4/c27-20(15-25-8-2-1-3-21(25)28)23-11-19-14-26(22(29)16-30-19)13-18-6-9-24(10-7-18)12-17-4-5-17/h1-3,8,17-19H,4-7,9-16H2,(H,23,27)/t19-/m1/s1. The van der Waals surface area contributed by atoms with Crippen LogP contribution in [0.4, 0.5) is 0 Å². The summed E-state index contributed by atoms with van der Waals surface area (Å²) in [4.78, 5) is 40.7. The fraction of sp³-hybridized carbons (Fsp3) is 0.682. The highest BCUT2D eigenvalue weighted by Gasteiger charge is 2.31. The molecule has 2 saturated heterocycles. The zero-order valence-corrected chi connectivity index (χ0v) is 17.5. The lowest BCUT2D eigenvalue weighted by Crippen LogP contribution is -2.52. The van der Waals surface area contributed by atoms with Gasteiger partial charge in [-0.3, -0.25) is 14.4 Å². The largest absolute Gasteiger partial charge is 0.365 e. The van der Waals surface area contributed by atoms with Crippen molar-refractivity contribution in [1.29, 1.82) is 0 Å². The second-order valence-electron chi connectivity index (χ2n) is 8.89. The average Bonchev–Trinajstić information content (AvgIpc) is 3.56. The summed E-state index contributed by atoms with van der Waals surface area (Å²) in [6.07, 6.45) is 6.45. The van der Waals surface area contributed by atoms with E-state index in [1.807, 2.05) is 4.90 Å². The molecule has 0 aromatic carbocycles. The first-order valence-corrected chi connectivity index (χ1v) is 11.1. The van der Waals surface area contributed by atoms with Gasteiger partial charge in [0, 0.05) is 38.4 Å². The van der Waals surface area contributed by atoms with Crippen LogP contribution in [0.5, 0.6) is 0 Å². The van der Waals surface area contributed by atoms with Gasteiger partial charge < -0.3 is 24.4 Å². The highest BCUT2D eigenvalue weighted by molar-refractivity contribution is 5.78. The van der Waals surface area contributed by atoms with Crippen LogP contribution < -0.4 is 10.9 Å². The van der Waals surface area contributed by atoms with Crippen molar-refractivity contribution in [2.24, 2.45) is 11.8 Å². The number of nitrogens with zero attached hydrogens (tertiary/aromatic N) is 3. The maximum Gasteiger partial charge on any atom is 0.250 e. The van der Waals surface area contributed by atoms with E-state index in [0.717, 1.165) is 38.4 Å². The molecule has 1 atom stereocenters. The first kappa shape index (κ1) is 21.1. The highest BCUT2D eigenvalue weighted by Crippen LogP contribution is 2.31. The average molecular weight is 417 g/mol. The Bertz CT molecular complexity index is 798. The molecule has 0 bridgehead atoms. The van der Waals surface area contributed by atoms with Crippen LogP contribution in [-0.4, -0.2) is 78.2 Å². The molecule has 4 rings (SSSR count). The smallest absolute Gasteiger partial charge is 0.250 e. The van der Waals surface area contributed by atoms with Gasteiger partial charge in [0.2, 0.25) is 11.8 Å². The van der Waals surface area contributed by atoms with Crippen LogP contribution in [0.15, 0.2) is 29.2 Å². The Labute approximate surface area is 177 Å². The Morgan fingerprint density at radius 1 is 1.07 bits per heavy atom. The summed E-state index contributed by atoms with van der Waals surface area (Å²) in [5, 5.41) is 2.83. The number of likely N-dealkylation sites (tertiary alicyclic amines) is 1. The predicted molar refractivity (Wildman–Crippen MR) is 112 cm³/mol. The van der Waals surface area contributed by atoms with E-state index in [2.05, 4.69) is 10.2 Å². The number of pyridine rings is 1. The Balaban J connectivity index is 1.19. The third-order valence-corrected chi connectivity index (χ3v) is 6.36. The lowest BCUT2D eigenvalue weighted by atomic mass is 9.95. The molecule has 8 nitrogen and oxygen atoms in total. The number of carbonyl (C=O) groups excluding carboxylic acids is 2. The summed E-state index contributed by atoms with van der Waals surface area (Å²) in [5.41, 5.74) is -0.207. The van der Waals surface area contributed by atoms with Gasteiger partial charge in [0.05, 0.1) is 6.10 Å². The minimum Gasteiger partial charge on any atom is -0.365 e. The second-order valence-corrected chi connectivity index (χ2v) is 8.89. The van der Waals surface area contributed by atoms with E-state index in [1.54, 1.807) is 18.3 Å². The zero-order chi connectivity index (χ0) is 20.9. The topological polar surface area (TPSA) is 83.9 Å². The fourth-order valence-corrected chi connectivity index (χ4v) is 4.34. The summed E-state index contributed by atoms with van der Waals surface area (Å²) < 4.78 is 6.98. The van der Waals surface area contributed by atoms with Crippen molar-refractivity contribution in [3.63, 3.8) is 0 Å². The number of piperidine rings is 1. The molecule has 3 heterocycles. The van der Waals surface area contributed by atoms with Crippen molar-refractivity contribution in [3.8, 4) is 0 Å². The minimum absolute atomic E-state index is 0.0194. The molecule has 164 valence electrons. The van der Waals surface area contributed by atoms with Crippen LogP contribution in [0.1, 0.15) is 25.7 Å². The third-order valence-electron chi connectivity index (χ3n) is 6.36. The number of rotatable bonds is 8. The Morgan fingerprint density at radius 2 is 1.83 bits per heavy atom. The van der Waals surface area contributed by atoms with Crippen LogP contribution in [0, 0.1) is 11.8 Å². The van der Waals surface area contributed by atoms with Crippen LogP contribution in [0.2, 0.25) is 0 Å². The van der Waals surface area contributed by atoms with E-state index in [1.165, 1.54) is 30.0 Å². The molecule has 30 heavy (non-hydrogen) atoms. The molecule has 0 radical (unpaired) electrons. The van der Waals surface area contributed by atoms with Crippen LogP contribution in [0.3, 0.4) is 0 Å². The van der Waals surface area contributed by atoms with Gasteiger partial charge in [-0.2, -0.15) is 0 Å². The molecular weight excluding hydrogens is 384 g/mol. The fourth-order valence-electron chi connectivity index (χ4n) is 4.34. The summed E-state index contributed by atoms with van der Waals surface area (Å²) >= 11 is 0. The lowest BCUT2D eigenvalue weighted by molar-refractivity contribution is -0.150. The normalized spacial score (nSPS) is 23.5. The summed E-state index contributed by atoms with van der Waals surface area (Å²) in [6, 6.07) is 4.80. The molecular formula is C22H32N4O4. The number of nitrogens with one attached hydrogen (secondary N) is 1. The second kappa shape index (κ2) is 9.75. The van der Waals surface area contributed by atoms with Crippen molar-refractivity contribution in [3.05, 3.63) is 34.7 Å². The number of hydrogen-bond acceptors (Lipinski definition) is 5. The van der Waals surface area contributed by atoms with Gasteiger partial charge in [0.15, 0.2) is 0 Å². The van der Waals surface area contributed by atoms with E-state index in [4.69, 9.17) is 4.74 Å². The molecule has 1 N–H and O–H groups in total. The van der Waals surface area contributed by atoms with E-state index >= 15 is 0 Å². The Morgan fingerprint density at radius 3 is 2.57 bits per heavy atom. The quantitative estimate of drug-likeness (QED) is 0.660. The van der Waals surface area contributed by atoms with Gasteiger partial charge >= 0.3 is 0 Å². The lowest BCUT2D eigenvalue weighted by Gasteiger charge is -2.38. The molecule has 3 fully saturated rings. The summed E-state index contributed by atoms with van der Waals surface area (Å²) in [5.74, 6) is 1.27. The summed E-state index contributed by atoms with van der Waals surface area (Å²) in [6.45, 7) is 5.20. The van der Waals surface area contributed by atoms with Crippen LogP contribution in [-0.2, 0) is 20.9 Å². The van der Waals surface area contributed by atoms with Crippen molar-refractivity contribution in [1.82, 2.24) is 19.7 Å². The maximum atomic E-state index is 12.3. The SMILES string of the molecule is O=C(Cn1ccccc1=O)NC[C@@H]1CN(CC2CCN(CC3CC3)CC2)C(=O)CO1.